The van der Waals surface area contributed by atoms with Crippen LogP contribution < -0.4 is 5.62 Å². The maximum Gasteiger partial charge on any atom is 0.433 e. The fraction of sp³-hybridized carbons (Fsp3) is 0.294. The molecule has 0 spiro atoms. The van der Waals surface area contributed by atoms with Crippen molar-refractivity contribution in [3.05, 3.63) is 57.9 Å². The number of fused-ring (bicyclic) bond motifs is 1. The predicted octanol–water partition coefficient (Wildman–Crippen LogP) is 3.68. The zero-order chi connectivity index (χ0) is 18.0. The molecule has 0 bridgehead atoms. The summed E-state index contributed by atoms with van der Waals surface area (Å²) in [4.78, 5) is 22.4. The standard InChI is InChI=1S/C17H18N4O4.BrH/c1-2-3-10-19-12-6-4-5-7-13(12)20(17(19)18)11-14(22)15-8-9-16(25-15)21(23)24;/h4-9,18H,2-3,10-11H2,1H3;1H. The molecule has 1 N–H and O–H groups in total. The summed E-state index contributed by atoms with van der Waals surface area (Å²) in [6.07, 6.45) is 1.93. The number of rotatable bonds is 7. The van der Waals surface area contributed by atoms with E-state index in [9.17, 15) is 14.9 Å². The lowest BCUT2D eigenvalue weighted by molar-refractivity contribution is -0.402. The minimum absolute atomic E-state index is 0. The Labute approximate surface area is 159 Å². The summed E-state index contributed by atoms with van der Waals surface area (Å²) < 4.78 is 8.44. The van der Waals surface area contributed by atoms with Gasteiger partial charge in [-0.2, -0.15) is 0 Å². The molecule has 26 heavy (non-hydrogen) atoms. The Morgan fingerprint density at radius 1 is 1.19 bits per heavy atom. The molecular formula is C17H19BrN4O4. The fourth-order valence-corrected chi connectivity index (χ4v) is 2.79. The number of carbonyl (C=O) groups is 1. The highest BCUT2D eigenvalue weighted by molar-refractivity contribution is 8.93. The quantitative estimate of drug-likeness (QED) is 0.355. The van der Waals surface area contributed by atoms with Crippen LogP contribution in [0, 0.1) is 15.5 Å². The Bertz CT molecular complexity index is 1000. The van der Waals surface area contributed by atoms with E-state index in [0.717, 1.165) is 29.9 Å². The van der Waals surface area contributed by atoms with E-state index >= 15 is 0 Å². The number of ketones is 1. The predicted molar refractivity (Wildman–Crippen MR) is 101 cm³/mol. The minimum Gasteiger partial charge on any atom is -0.397 e. The van der Waals surface area contributed by atoms with Gasteiger partial charge in [0.15, 0.2) is 5.76 Å². The summed E-state index contributed by atoms with van der Waals surface area (Å²) in [5, 5.41) is 19.1. The summed E-state index contributed by atoms with van der Waals surface area (Å²) in [6.45, 7) is 2.67. The molecule has 0 radical (unpaired) electrons. The molecule has 0 unspecified atom stereocenters. The van der Waals surface area contributed by atoms with Crippen LogP contribution in [0.3, 0.4) is 0 Å². The molecule has 8 nitrogen and oxygen atoms in total. The van der Waals surface area contributed by atoms with Crippen LogP contribution in [-0.2, 0) is 13.1 Å². The number of imidazole rings is 1. The summed E-state index contributed by atoms with van der Waals surface area (Å²) in [5.41, 5.74) is 1.89. The van der Waals surface area contributed by atoms with Crippen molar-refractivity contribution in [1.82, 2.24) is 9.13 Å². The number of nitro groups is 1. The average molecular weight is 423 g/mol. The number of aromatic nitrogens is 2. The zero-order valence-electron chi connectivity index (χ0n) is 14.2. The number of nitrogens with one attached hydrogen (secondary N) is 1. The van der Waals surface area contributed by atoms with Gasteiger partial charge in [-0.05, 0) is 24.6 Å². The maximum atomic E-state index is 12.4. The lowest BCUT2D eigenvalue weighted by atomic mass is 10.2. The van der Waals surface area contributed by atoms with Gasteiger partial charge in [0.05, 0.1) is 23.6 Å². The monoisotopic (exact) mass is 422 g/mol. The van der Waals surface area contributed by atoms with E-state index in [2.05, 4.69) is 6.92 Å². The number of hydrogen-bond donors (Lipinski definition) is 1. The molecule has 2 aromatic heterocycles. The largest absolute Gasteiger partial charge is 0.433 e. The van der Waals surface area contributed by atoms with Crippen molar-refractivity contribution in [1.29, 1.82) is 5.41 Å². The third-order valence-corrected chi connectivity index (χ3v) is 4.06. The van der Waals surface area contributed by atoms with Gasteiger partial charge in [0.1, 0.15) is 4.92 Å². The normalized spacial score (nSPS) is 10.7. The highest BCUT2D eigenvalue weighted by Crippen LogP contribution is 2.18. The second-order valence-electron chi connectivity index (χ2n) is 5.72. The number of unbranched alkanes of at least 4 members (excludes halogenated alkanes) is 1. The van der Waals surface area contributed by atoms with Crippen molar-refractivity contribution in [2.24, 2.45) is 0 Å². The van der Waals surface area contributed by atoms with E-state index < -0.39 is 16.6 Å². The number of Topliss-reactive ketones (excluding diaryl/α,β-unsaturated/α-hetero) is 1. The number of carbonyl (C=O) groups excluding carboxylic acids is 1. The van der Waals surface area contributed by atoms with E-state index in [1.807, 2.05) is 28.8 Å². The molecule has 2 heterocycles. The van der Waals surface area contributed by atoms with Gasteiger partial charge in [0.2, 0.25) is 11.4 Å². The lowest BCUT2D eigenvalue weighted by Gasteiger charge is -2.03. The van der Waals surface area contributed by atoms with Crippen molar-refractivity contribution < 1.29 is 14.1 Å². The van der Waals surface area contributed by atoms with E-state index in [-0.39, 0.29) is 34.9 Å². The lowest BCUT2D eigenvalue weighted by Crippen LogP contribution is -2.27. The number of aryl methyl sites for hydroxylation is 1. The third-order valence-electron chi connectivity index (χ3n) is 4.06. The number of hydrogen-bond acceptors (Lipinski definition) is 5. The first-order valence-electron chi connectivity index (χ1n) is 8.03. The molecule has 0 saturated carbocycles. The van der Waals surface area contributed by atoms with Crippen molar-refractivity contribution in [3.8, 4) is 0 Å². The van der Waals surface area contributed by atoms with Gasteiger partial charge >= 0.3 is 5.88 Å². The van der Waals surface area contributed by atoms with Crippen LogP contribution in [0.15, 0.2) is 40.8 Å². The Kier molecular flexibility index (Phi) is 6.14. The first kappa shape index (κ1) is 19.6. The summed E-state index contributed by atoms with van der Waals surface area (Å²) in [7, 11) is 0. The first-order valence-corrected chi connectivity index (χ1v) is 8.03. The van der Waals surface area contributed by atoms with Crippen LogP contribution in [0.4, 0.5) is 5.88 Å². The Morgan fingerprint density at radius 3 is 2.42 bits per heavy atom. The number of nitrogens with zero attached hydrogens (tertiary/aromatic N) is 3. The summed E-state index contributed by atoms with van der Waals surface area (Å²) in [6, 6.07) is 9.97. The zero-order valence-corrected chi connectivity index (χ0v) is 15.9. The molecule has 1 aromatic carbocycles. The van der Waals surface area contributed by atoms with Crippen molar-refractivity contribution in [2.45, 2.75) is 32.9 Å². The highest BCUT2D eigenvalue weighted by atomic mass is 79.9. The molecule has 0 aliphatic heterocycles. The van der Waals surface area contributed by atoms with E-state index in [1.54, 1.807) is 4.57 Å². The number of para-hydroxylation sites is 2. The van der Waals surface area contributed by atoms with Crippen LogP contribution in [-0.4, -0.2) is 19.8 Å². The van der Waals surface area contributed by atoms with Crippen LogP contribution in [0.25, 0.3) is 11.0 Å². The van der Waals surface area contributed by atoms with Crippen LogP contribution in [0.1, 0.15) is 30.3 Å². The molecule has 9 heteroatoms. The molecule has 3 rings (SSSR count). The molecule has 138 valence electrons. The van der Waals surface area contributed by atoms with Crippen LogP contribution in [0.5, 0.6) is 0 Å². The summed E-state index contributed by atoms with van der Waals surface area (Å²) in [5.74, 6) is -0.959. The number of halogens is 1. The molecule has 0 saturated heterocycles. The maximum absolute atomic E-state index is 12.4. The van der Waals surface area contributed by atoms with Crippen molar-refractivity contribution in [2.75, 3.05) is 0 Å². The van der Waals surface area contributed by atoms with Gasteiger partial charge in [-0.15, -0.1) is 17.0 Å². The van der Waals surface area contributed by atoms with E-state index in [0.29, 0.717) is 6.54 Å². The van der Waals surface area contributed by atoms with Gasteiger partial charge in [-0.3, -0.25) is 20.3 Å². The number of furan rings is 1. The molecule has 0 fully saturated rings. The molecule has 0 amide bonds. The van der Waals surface area contributed by atoms with Crippen LogP contribution >= 0.6 is 17.0 Å². The Hall–Kier alpha value is -2.68. The average Bonchev–Trinajstić information content (AvgIpc) is 3.19. The van der Waals surface area contributed by atoms with Gasteiger partial charge < -0.3 is 13.6 Å². The van der Waals surface area contributed by atoms with Crippen LogP contribution in [0.2, 0.25) is 0 Å². The molecule has 0 atom stereocenters. The van der Waals surface area contributed by atoms with E-state index in [4.69, 9.17) is 9.83 Å². The second-order valence-corrected chi connectivity index (χ2v) is 5.72. The van der Waals surface area contributed by atoms with Gasteiger partial charge in [-0.25, -0.2) is 0 Å². The molecule has 0 aliphatic rings. The topological polar surface area (TPSA) is 107 Å². The molecule has 0 aliphatic carbocycles. The first-order chi connectivity index (χ1) is 12.0. The molecule has 3 aromatic rings. The minimum atomic E-state index is -0.684. The van der Waals surface area contributed by atoms with Crippen molar-refractivity contribution in [3.63, 3.8) is 0 Å². The summed E-state index contributed by atoms with van der Waals surface area (Å²) >= 11 is 0. The SMILES string of the molecule is Br.CCCCn1c(=N)n(CC(=O)c2ccc([N+](=O)[O-])o2)c2ccccc21. The number of benzene rings is 1. The second kappa shape index (κ2) is 8.13. The fourth-order valence-electron chi connectivity index (χ4n) is 2.79. The Balaban J connectivity index is 0.00000243. The smallest absolute Gasteiger partial charge is 0.397 e. The van der Waals surface area contributed by atoms with Crippen molar-refractivity contribution >= 4 is 39.7 Å². The van der Waals surface area contributed by atoms with E-state index in [1.165, 1.54) is 6.07 Å². The Morgan fingerprint density at radius 2 is 1.85 bits per heavy atom. The molecular weight excluding hydrogens is 404 g/mol. The van der Waals surface area contributed by atoms with Gasteiger partial charge in [0.25, 0.3) is 0 Å². The van der Waals surface area contributed by atoms with Gasteiger partial charge in [-0.1, -0.05) is 25.5 Å². The third kappa shape index (κ3) is 3.62. The van der Waals surface area contributed by atoms with Gasteiger partial charge in [0, 0.05) is 6.54 Å². The highest BCUT2D eigenvalue weighted by Gasteiger charge is 2.19.